The first-order valence-corrected chi connectivity index (χ1v) is 10.6. The molecule has 26 heavy (non-hydrogen) atoms. The fourth-order valence-electron chi connectivity index (χ4n) is 3.98. The van der Waals surface area contributed by atoms with Gasteiger partial charge in [0.15, 0.2) is 0 Å². The lowest BCUT2D eigenvalue weighted by Gasteiger charge is -2.24. The van der Waals surface area contributed by atoms with Crippen LogP contribution in [0.2, 0.25) is 0 Å². The minimum atomic E-state index is 0.590. The van der Waals surface area contributed by atoms with Crippen molar-refractivity contribution in [1.82, 2.24) is 14.9 Å². The summed E-state index contributed by atoms with van der Waals surface area (Å²) in [6.45, 7) is 7.68. The molecular weight excluding hydrogens is 322 g/mol. The van der Waals surface area contributed by atoms with Gasteiger partial charge in [0.2, 0.25) is 5.95 Å². The zero-order valence-electron chi connectivity index (χ0n) is 16.4. The number of rotatable bonds is 8. The Morgan fingerprint density at radius 3 is 2.77 bits per heavy atom. The standard InChI is InChI=1S/C21H35N5/c1-2-3-4-7-14-25-17-10-11-19(25)18-23-21-22-13-12-20(24-21)26-15-8-5-6-9-16-26/h4,7,12-13,19H,2-3,5-6,8-11,14-18H2,1H3,(H,22,23,24)/b7-4+. The van der Waals surface area contributed by atoms with E-state index in [-0.39, 0.29) is 0 Å². The van der Waals surface area contributed by atoms with E-state index in [1.807, 2.05) is 6.20 Å². The predicted octanol–water partition coefficient (Wildman–Crippen LogP) is 4.09. The van der Waals surface area contributed by atoms with Crippen LogP contribution >= 0.6 is 0 Å². The molecule has 1 atom stereocenters. The molecular formula is C21H35N5. The van der Waals surface area contributed by atoms with E-state index >= 15 is 0 Å². The number of nitrogens with one attached hydrogen (secondary N) is 1. The van der Waals surface area contributed by atoms with Gasteiger partial charge >= 0.3 is 0 Å². The quantitative estimate of drug-likeness (QED) is 0.710. The molecule has 1 N–H and O–H groups in total. The van der Waals surface area contributed by atoms with Gasteiger partial charge in [-0.15, -0.1) is 0 Å². The van der Waals surface area contributed by atoms with Crippen molar-refractivity contribution >= 4 is 11.8 Å². The number of hydrogen-bond acceptors (Lipinski definition) is 5. The molecule has 2 saturated heterocycles. The average molecular weight is 358 g/mol. The highest BCUT2D eigenvalue weighted by Gasteiger charge is 2.23. The fourth-order valence-corrected chi connectivity index (χ4v) is 3.98. The third kappa shape index (κ3) is 5.70. The van der Waals surface area contributed by atoms with Gasteiger partial charge < -0.3 is 10.2 Å². The number of anilines is 2. The molecule has 0 amide bonds. The first kappa shape index (κ1) is 19.2. The maximum Gasteiger partial charge on any atom is 0.224 e. The fraction of sp³-hybridized carbons (Fsp3) is 0.714. The zero-order valence-corrected chi connectivity index (χ0v) is 16.4. The molecule has 1 aromatic rings. The van der Waals surface area contributed by atoms with Crippen molar-refractivity contribution in [3.8, 4) is 0 Å². The van der Waals surface area contributed by atoms with E-state index in [0.29, 0.717) is 6.04 Å². The van der Waals surface area contributed by atoms with Gasteiger partial charge in [-0.2, -0.15) is 4.98 Å². The Bertz CT molecular complexity index is 551. The highest BCUT2D eigenvalue weighted by Crippen LogP contribution is 2.20. The minimum Gasteiger partial charge on any atom is -0.356 e. The Labute approximate surface area is 158 Å². The van der Waals surface area contributed by atoms with Crippen LogP contribution in [0.25, 0.3) is 0 Å². The van der Waals surface area contributed by atoms with Crippen molar-refractivity contribution < 1.29 is 0 Å². The molecule has 0 saturated carbocycles. The minimum absolute atomic E-state index is 0.590. The SMILES string of the molecule is CCC/C=C/CN1CCCC1CNc1nccc(N2CCCCCC2)n1. The van der Waals surface area contributed by atoms with Gasteiger partial charge in [0.1, 0.15) is 5.82 Å². The maximum atomic E-state index is 4.78. The van der Waals surface area contributed by atoms with Crippen LogP contribution in [0.1, 0.15) is 58.3 Å². The van der Waals surface area contributed by atoms with Gasteiger partial charge in [-0.05, 0) is 44.7 Å². The van der Waals surface area contributed by atoms with Gasteiger partial charge in [-0.3, -0.25) is 4.90 Å². The van der Waals surface area contributed by atoms with Crippen molar-refractivity contribution in [2.75, 3.05) is 42.9 Å². The largest absolute Gasteiger partial charge is 0.356 e. The summed E-state index contributed by atoms with van der Waals surface area (Å²) in [4.78, 5) is 14.2. The first-order valence-electron chi connectivity index (χ1n) is 10.6. The van der Waals surface area contributed by atoms with Crippen molar-refractivity contribution in [2.45, 2.75) is 64.3 Å². The Hall–Kier alpha value is -1.62. The maximum absolute atomic E-state index is 4.78. The summed E-state index contributed by atoms with van der Waals surface area (Å²) in [5.74, 6) is 1.86. The van der Waals surface area contributed by atoms with E-state index in [4.69, 9.17) is 4.98 Å². The van der Waals surface area contributed by atoms with Crippen LogP contribution in [0.3, 0.4) is 0 Å². The average Bonchev–Trinajstić information content (AvgIpc) is 2.94. The molecule has 0 aromatic carbocycles. The summed E-state index contributed by atoms with van der Waals surface area (Å²) in [5.41, 5.74) is 0. The molecule has 3 heterocycles. The molecule has 0 aliphatic carbocycles. The van der Waals surface area contributed by atoms with Gasteiger partial charge in [0.05, 0.1) is 0 Å². The summed E-state index contributed by atoms with van der Waals surface area (Å²) in [5, 5.41) is 3.50. The van der Waals surface area contributed by atoms with E-state index in [2.05, 4.69) is 45.2 Å². The molecule has 3 rings (SSSR count). The number of aromatic nitrogens is 2. The monoisotopic (exact) mass is 357 g/mol. The van der Waals surface area contributed by atoms with Gasteiger partial charge in [-0.1, -0.05) is 38.3 Å². The van der Waals surface area contributed by atoms with E-state index in [1.54, 1.807) is 0 Å². The lowest BCUT2D eigenvalue weighted by molar-refractivity contribution is 0.290. The molecule has 144 valence electrons. The Morgan fingerprint density at radius 2 is 1.96 bits per heavy atom. The van der Waals surface area contributed by atoms with E-state index in [0.717, 1.165) is 37.9 Å². The summed E-state index contributed by atoms with van der Waals surface area (Å²) in [6, 6.07) is 2.64. The predicted molar refractivity (Wildman–Crippen MR) is 110 cm³/mol. The molecule has 1 unspecified atom stereocenters. The van der Waals surface area contributed by atoms with Gasteiger partial charge in [-0.25, -0.2) is 4.98 Å². The molecule has 0 spiro atoms. The number of likely N-dealkylation sites (tertiary alicyclic amines) is 1. The highest BCUT2D eigenvalue weighted by molar-refractivity contribution is 5.42. The van der Waals surface area contributed by atoms with Crippen molar-refractivity contribution in [2.24, 2.45) is 0 Å². The summed E-state index contributed by atoms with van der Waals surface area (Å²) in [7, 11) is 0. The van der Waals surface area contributed by atoms with Gasteiger partial charge in [0.25, 0.3) is 0 Å². The number of hydrogen-bond donors (Lipinski definition) is 1. The summed E-state index contributed by atoms with van der Waals surface area (Å²) in [6.07, 6.45) is 16.8. The van der Waals surface area contributed by atoms with Crippen LogP contribution in [-0.4, -0.2) is 53.6 Å². The van der Waals surface area contributed by atoms with Crippen molar-refractivity contribution in [1.29, 1.82) is 0 Å². The van der Waals surface area contributed by atoms with Crippen LogP contribution in [0.5, 0.6) is 0 Å². The molecule has 5 heteroatoms. The topological polar surface area (TPSA) is 44.3 Å². The van der Waals surface area contributed by atoms with Crippen LogP contribution in [0.4, 0.5) is 11.8 Å². The second-order valence-electron chi connectivity index (χ2n) is 7.57. The van der Waals surface area contributed by atoms with Crippen molar-refractivity contribution in [3.63, 3.8) is 0 Å². The Morgan fingerprint density at radius 1 is 1.12 bits per heavy atom. The lowest BCUT2D eigenvalue weighted by atomic mass is 10.2. The van der Waals surface area contributed by atoms with E-state index in [1.165, 1.54) is 57.9 Å². The Balaban J connectivity index is 1.51. The number of allylic oxidation sites excluding steroid dienone is 1. The van der Waals surface area contributed by atoms with Crippen LogP contribution in [-0.2, 0) is 0 Å². The number of nitrogens with zero attached hydrogens (tertiary/aromatic N) is 4. The summed E-state index contributed by atoms with van der Waals surface area (Å²) < 4.78 is 0. The smallest absolute Gasteiger partial charge is 0.224 e. The van der Waals surface area contributed by atoms with E-state index in [9.17, 15) is 0 Å². The van der Waals surface area contributed by atoms with Crippen LogP contribution < -0.4 is 10.2 Å². The molecule has 2 aliphatic rings. The zero-order chi connectivity index (χ0) is 18.0. The van der Waals surface area contributed by atoms with Crippen LogP contribution in [0, 0.1) is 0 Å². The third-order valence-electron chi connectivity index (χ3n) is 5.53. The highest BCUT2D eigenvalue weighted by atomic mass is 15.2. The second-order valence-corrected chi connectivity index (χ2v) is 7.57. The number of unbranched alkanes of at least 4 members (excludes halogenated alkanes) is 1. The molecule has 1 aromatic heterocycles. The molecule has 2 fully saturated rings. The van der Waals surface area contributed by atoms with Crippen LogP contribution in [0.15, 0.2) is 24.4 Å². The Kier molecular flexibility index (Phi) is 7.74. The van der Waals surface area contributed by atoms with E-state index < -0.39 is 0 Å². The first-order chi connectivity index (χ1) is 12.9. The third-order valence-corrected chi connectivity index (χ3v) is 5.53. The summed E-state index contributed by atoms with van der Waals surface area (Å²) >= 11 is 0. The normalized spacial score (nSPS) is 22.0. The second kappa shape index (κ2) is 10.5. The molecule has 0 radical (unpaired) electrons. The molecule has 0 bridgehead atoms. The molecule has 2 aliphatic heterocycles. The van der Waals surface area contributed by atoms with Gasteiger partial charge in [0, 0.05) is 38.4 Å². The van der Waals surface area contributed by atoms with Crippen molar-refractivity contribution in [3.05, 3.63) is 24.4 Å². The molecule has 5 nitrogen and oxygen atoms in total. The lowest BCUT2D eigenvalue weighted by Crippen LogP contribution is -2.35.